The summed E-state index contributed by atoms with van der Waals surface area (Å²) in [5.41, 5.74) is 3.31. The van der Waals surface area contributed by atoms with E-state index < -0.39 is 18.1 Å². The van der Waals surface area contributed by atoms with Gasteiger partial charge in [-0.05, 0) is 55.8 Å². The third kappa shape index (κ3) is 3.33. The first kappa shape index (κ1) is 20.3. The highest BCUT2D eigenvalue weighted by Gasteiger charge is 2.60. The Morgan fingerprint density at radius 2 is 1.53 bits per heavy atom. The number of aryl methyl sites for hydroxylation is 1. The van der Waals surface area contributed by atoms with Crippen molar-refractivity contribution in [1.29, 1.82) is 0 Å². The monoisotopic (exact) mass is 428 g/mol. The summed E-state index contributed by atoms with van der Waals surface area (Å²) in [6.45, 7) is 4.48. The van der Waals surface area contributed by atoms with Crippen molar-refractivity contribution in [2.45, 2.75) is 26.0 Å². The van der Waals surface area contributed by atoms with Crippen molar-refractivity contribution in [1.82, 2.24) is 0 Å². The van der Waals surface area contributed by atoms with Gasteiger partial charge in [0.15, 0.2) is 6.10 Å². The zero-order chi connectivity index (χ0) is 22.2. The minimum absolute atomic E-state index is 0.249. The maximum atomic E-state index is 13.6. The molecule has 2 aliphatic heterocycles. The van der Waals surface area contributed by atoms with Crippen LogP contribution in [0.2, 0.25) is 0 Å². The molecule has 0 aliphatic carbocycles. The zero-order valence-electron chi connectivity index (χ0n) is 18.0. The van der Waals surface area contributed by atoms with E-state index in [9.17, 15) is 9.59 Å². The van der Waals surface area contributed by atoms with Crippen molar-refractivity contribution in [3.8, 4) is 5.75 Å². The molecule has 2 fully saturated rings. The summed E-state index contributed by atoms with van der Waals surface area (Å²) in [4.78, 5) is 34.3. The van der Waals surface area contributed by atoms with E-state index in [1.807, 2.05) is 80.6 Å². The van der Waals surface area contributed by atoms with Crippen LogP contribution in [0.1, 0.15) is 24.1 Å². The molecule has 6 heteroatoms. The Morgan fingerprint density at radius 1 is 0.844 bits per heavy atom. The fraction of sp³-hybridized carbons (Fsp3) is 0.231. The first-order chi connectivity index (χ1) is 15.6. The van der Waals surface area contributed by atoms with Crippen LogP contribution in [0.25, 0.3) is 0 Å². The molecule has 0 N–H and O–H groups in total. The van der Waals surface area contributed by atoms with Gasteiger partial charge in [-0.1, -0.05) is 48.0 Å². The van der Waals surface area contributed by atoms with Crippen LogP contribution >= 0.6 is 0 Å². The van der Waals surface area contributed by atoms with Crippen molar-refractivity contribution in [2.24, 2.45) is 5.92 Å². The quantitative estimate of drug-likeness (QED) is 0.562. The van der Waals surface area contributed by atoms with Crippen LogP contribution in [0.3, 0.4) is 0 Å². The maximum Gasteiger partial charge on any atom is 0.266 e. The Hall–Kier alpha value is -3.64. The number of rotatable bonds is 5. The van der Waals surface area contributed by atoms with E-state index in [1.54, 1.807) is 17.2 Å². The number of anilines is 2. The summed E-state index contributed by atoms with van der Waals surface area (Å²) in [5, 5.41) is 1.70. The number of para-hydroxylation sites is 1. The van der Waals surface area contributed by atoms with Crippen molar-refractivity contribution in [2.75, 3.05) is 16.6 Å². The normalized spacial score (nSPS) is 22.4. The standard InChI is InChI=1S/C26H24N2O4/c1-3-31-21-15-11-18(12-16-21)23-22-24(32-28(23)20-7-5-4-6-8-20)26(30)27(25(22)29)19-13-9-17(2)10-14-19/h4-16,22-24H,3H2,1-2H3/t22-,23+,24+/m1/s1. The van der Waals surface area contributed by atoms with Crippen molar-refractivity contribution in [3.63, 3.8) is 0 Å². The molecule has 2 saturated heterocycles. The van der Waals surface area contributed by atoms with E-state index in [0.717, 1.165) is 22.6 Å². The van der Waals surface area contributed by atoms with Gasteiger partial charge in [0.1, 0.15) is 11.7 Å². The van der Waals surface area contributed by atoms with Gasteiger partial charge >= 0.3 is 0 Å². The summed E-state index contributed by atoms with van der Waals surface area (Å²) >= 11 is 0. The Kier molecular flexibility index (Phi) is 5.15. The summed E-state index contributed by atoms with van der Waals surface area (Å²) in [5.74, 6) is -0.477. The lowest BCUT2D eigenvalue weighted by Gasteiger charge is -2.28. The van der Waals surface area contributed by atoms with E-state index in [1.165, 1.54) is 4.90 Å². The number of hydrogen-bond acceptors (Lipinski definition) is 5. The molecule has 32 heavy (non-hydrogen) atoms. The highest BCUT2D eigenvalue weighted by atomic mass is 16.7. The Morgan fingerprint density at radius 3 is 2.19 bits per heavy atom. The first-order valence-corrected chi connectivity index (χ1v) is 10.8. The molecule has 0 aromatic heterocycles. The summed E-state index contributed by atoms with van der Waals surface area (Å²) in [6, 6.07) is 24.1. The van der Waals surface area contributed by atoms with Crippen LogP contribution in [0.15, 0.2) is 78.9 Å². The SMILES string of the molecule is CCOc1ccc([C@H]2[C@H]3C(=O)N(c4ccc(C)cc4)C(=O)[C@H]3ON2c2ccccc2)cc1. The third-order valence-corrected chi connectivity index (χ3v) is 5.95. The first-order valence-electron chi connectivity index (χ1n) is 10.8. The van der Waals surface area contributed by atoms with Gasteiger partial charge in [-0.3, -0.25) is 14.4 Å². The molecule has 3 aromatic carbocycles. The Balaban J connectivity index is 1.55. The summed E-state index contributed by atoms with van der Waals surface area (Å²) in [6.07, 6.45) is -0.874. The van der Waals surface area contributed by atoms with Gasteiger partial charge in [-0.2, -0.15) is 0 Å². The van der Waals surface area contributed by atoms with Crippen LogP contribution in [-0.2, 0) is 14.4 Å². The number of carbonyl (C=O) groups is 2. The molecular weight excluding hydrogens is 404 g/mol. The predicted octanol–water partition coefficient (Wildman–Crippen LogP) is 4.44. The van der Waals surface area contributed by atoms with Crippen molar-refractivity contribution < 1.29 is 19.2 Å². The van der Waals surface area contributed by atoms with Crippen molar-refractivity contribution in [3.05, 3.63) is 90.0 Å². The molecule has 0 radical (unpaired) electrons. The lowest BCUT2D eigenvalue weighted by molar-refractivity contribution is -0.126. The second kappa shape index (κ2) is 8.13. The van der Waals surface area contributed by atoms with Crippen LogP contribution in [0, 0.1) is 12.8 Å². The molecule has 0 spiro atoms. The fourth-order valence-electron chi connectivity index (χ4n) is 4.43. The molecule has 3 aromatic rings. The number of hydrogen-bond donors (Lipinski definition) is 0. The second-order valence-electron chi connectivity index (χ2n) is 8.01. The number of hydroxylamine groups is 1. The van der Waals surface area contributed by atoms with Gasteiger partial charge in [-0.15, -0.1) is 0 Å². The van der Waals surface area contributed by atoms with Crippen LogP contribution in [-0.4, -0.2) is 24.5 Å². The molecule has 5 rings (SSSR count). The van der Waals surface area contributed by atoms with E-state index >= 15 is 0 Å². The van der Waals surface area contributed by atoms with E-state index in [2.05, 4.69) is 0 Å². The smallest absolute Gasteiger partial charge is 0.266 e. The summed E-state index contributed by atoms with van der Waals surface area (Å²) in [7, 11) is 0. The van der Waals surface area contributed by atoms with Gasteiger partial charge in [-0.25, -0.2) is 9.96 Å². The molecule has 0 bridgehead atoms. The number of nitrogens with zero attached hydrogens (tertiary/aromatic N) is 2. The number of amides is 2. The van der Waals surface area contributed by atoms with E-state index in [0.29, 0.717) is 12.3 Å². The second-order valence-corrected chi connectivity index (χ2v) is 8.01. The lowest BCUT2D eigenvalue weighted by Crippen LogP contribution is -2.37. The number of fused-ring (bicyclic) bond motifs is 1. The van der Waals surface area contributed by atoms with Gasteiger partial charge < -0.3 is 4.74 Å². The molecular formula is C26H24N2O4. The molecule has 0 unspecified atom stereocenters. The van der Waals surface area contributed by atoms with E-state index in [4.69, 9.17) is 9.57 Å². The molecule has 2 amide bonds. The van der Waals surface area contributed by atoms with Crippen LogP contribution in [0.5, 0.6) is 5.75 Å². The molecule has 0 saturated carbocycles. The largest absolute Gasteiger partial charge is 0.494 e. The molecule has 3 atom stereocenters. The number of ether oxygens (including phenoxy) is 1. The summed E-state index contributed by atoms with van der Waals surface area (Å²) < 4.78 is 5.57. The Labute approximate surface area is 186 Å². The van der Waals surface area contributed by atoms with Crippen molar-refractivity contribution >= 4 is 23.2 Å². The average molecular weight is 428 g/mol. The molecule has 2 heterocycles. The maximum absolute atomic E-state index is 13.6. The highest BCUT2D eigenvalue weighted by Crippen LogP contribution is 2.47. The van der Waals surface area contributed by atoms with E-state index in [-0.39, 0.29) is 11.8 Å². The zero-order valence-corrected chi connectivity index (χ0v) is 18.0. The predicted molar refractivity (Wildman–Crippen MR) is 121 cm³/mol. The van der Waals surface area contributed by atoms with Gasteiger partial charge in [0.2, 0.25) is 5.91 Å². The highest BCUT2D eigenvalue weighted by molar-refractivity contribution is 6.23. The average Bonchev–Trinajstić information content (AvgIpc) is 3.32. The number of benzene rings is 3. The fourth-order valence-corrected chi connectivity index (χ4v) is 4.43. The minimum atomic E-state index is -0.874. The van der Waals surface area contributed by atoms with Gasteiger partial charge in [0.25, 0.3) is 5.91 Å². The number of imide groups is 1. The van der Waals surface area contributed by atoms with Gasteiger partial charge in [0, 0.05) is 0 Å². The minimum Gasteiger partial charge on any atom is -0.494 e. The molecule has 162 valence electrons. The third-order valence-electron chi connectivity index (χ3n) is 5.95. The van der Waals surface area contributed by atoms with Crippen LogP contribution < -0.4 is 14.7 Å². The van der Waals surface area contributed by atoms with Crippen LogP contribution in [0.4, 0.5) is 11.4 Å². The topological polar surface area (TPSA) is 59.1 Å². The molecule has 2 aliphatic rings. The Bertz CT molecular complexity index is 1130. The lowest BCUT2D eigenvalue weighted by atomic mass is 9.90. The molecule has 6 nitrogen and oxygen atoms in total. The number of carbonyl (C=O) groups excluding carboxylic acids is 2. The van der Waals surface area contributed by atoms with Gasteiger partial charge in [0.05, 0.1) is 24.0 Å².